The maximum atomic E-state index is 13.0. The maximum absolute atomic E-state index is 13.0. The predicted molar refractivity (Wildman–Crippen MR) is 117 cm³/mol. The lowest BCUT2D eigenvalue weighted by atomic mass is 9.99. The molecule has 1 saturated carbocycles. The van der Waals surface area contributed by atoms with Crippen LogP contribution in [0.15, 0.2) is 41.2 Å². The van der Waals surface area contributed by atoms with Crippen LogP contribution >= 0.6 is 11.6 Å². The summed E-state index contributed by atoms with van der Waals surface area (Å²) in [6, 6.07) is 13.0. The molecule has 1 fully saturated rings. The molecule has 1 heterocycles. The number of aryl methyl sites for hydroxylation is 1. The van der Waals surface area contributed by atoms with Crippen molar-refractivity contribution in [3.05, 3.63) is 68.7 Å². The van der Waals surface area contributed by atoms with Crippen LogP contribution in [0.2, 0.25) is 5.02 Å². The Morgan fingerprint density at radius 2 is 2.00 bits per heavy atom. The molecule has 0 bridgehead atoms. The zero-order valence-electron chi connectivity index (χ0n) is 16.4. The van der Waals surface area contributed by atoms with Gasteiger partial charge in [-0.2, -0.15) is 10.2 Å². The summed E-state index contributed by atoms with van der Waals surface area (Å²) in [4.78, 5) is 17.3. The number of aromatic nitrogens is 2. The number of nitriles is 1. The zero-order valence-corrected chi connectivity index (χ0v) is 18.0. The van der Waals surface area contributed by atoms with Gasteiger partial charge in [-0.25, -0.2) is 13.2 Å². The largest absolute Gasteiger partial charge is 0.352 e. The maximum Gasteiger partial charge on any atom is 0.352 e. The lowest BCUT2D eigenvalue weighted by Crippen LogP contribution is -2.24. The minimum absolute atomic E-state index is 0.00896. The van der Waals surface area contributed by atoms with Crippen LogP contribution in [0.1, 0.15) is 42.0 Å². The van der Waals surface area contributed by atoms with Gasteiger partial charge in [0.05, 0.1) is 39.3 Å². The van der Waals surface area contributed by atoms with Crippen LogP contribution in [0.5, 0.6) is 0 Å². The fraction of sp³-hybridized carbons (Fsp3) is 0.318. The van der Waals surface area contributed by atoms with E-state index in [0.29, 0.717) is 51.6 Å². The molecule has 30 heavy (non-hydrogen) atoms. The van der Waals surface area contributed by atoms with E-state index in [9.17, 15) is 18.5 Å². The van der Waals surface area contributed by atoms with E-state index in [0.717, 1.165) is 18.4 Å². The number of halogens is 1. The minimum atomic E-state index is -3.12. The van der Waals surface area contributed by atoms with Gasteiger partial charge in [0.15, 0.2) is 0 Å². The molecule has 1 aliphatic rings. The van der Waals surface area contributed by atoms with E-state index in [1.54, 1.807) is 30.3 Å². The van der Waals surface area contributed by atoms with Gasteiger partial charge in [0, 0.05) is 11.6 Å². The summed E-state index contributed by atoms with van der Waals surface area (Å²) in [6.45, 7) is 0. The van der Waals surface area contributed by atoms with E-state index in [1.807, 2.05) is 6.07 Å². The third kappa shape index (κ3) is 4.11. The number of hydrogen-bond donors (Lipinski definition) is 0. The average molecular weight is 442 g/mol. The second kappa shape index (κ2) is 7.86. The van der Waals surface area contributed by atoms with Crippen molar-refractivity contribution in [2.24, 2.45) is 0 Å². The van der Waals surface area contributed by atoms with Crippen molar-refractivity contribution in [2.45, 2.75) is 31.6 Å². The highest BCUT2D eigenvalue weighted by Gasteiger charge is 2.28. The van der Waals surface area contributed by atoms with Gasteiger partial charge in [0.2, 0.25) is 0 Å². The minimum Gasteiger partial charge on any atom is -0.259 e. The molecule has 0 spiro atoms. The molecule has 0 unspecified atom stereocenters. The number of hydrogen-bond acceptors (Lipinski definition) is 5. The van der Waals surface area contributed by atoms with Gasteiger partial charge >= 0.3 is 5.69 Å². The highest BCUT2D eigenvalue weighted by Crippen LogP contribution is 2.43. The lowest BCUT2D eigenvalue weighted by molar-refractivity contribution is 0.599. The van der Waals surface area contributed by atoms with Gasteiger partial charge in [0.25, 0.3) is 0 Å². The van der Waals surface area contributed by atoms with Gasteiger partial charge < -0.3 is 0 Å². The summed E-state index contributed by atoms with van der Waals surface area (Å²) in [5.41, 5.74) is 2.69. The number of para-hydroxylation sites is 1. The number of sulfone groups is 1. The van der Waals surface area contributed by atoms with E-state index in [1.165, 1.54) is 10.8 Å². The highest BCUT2D eigenvalue weighted by atomic mass is 35.5. The van der Waals surface area contributed by atoms with E-state index in [-0.39, 0.29) is 5.75 Å². The first-order valence-electron chi connectivity index (χ1n) is 9.71. The van der Waals surface area contributed by atoms with Crippen LogP contribution < -0.4 is 5.69 Å². The number of rotatable bonds is 6. The summed E-state index contributed by atoms with van der Waals surface area (Å²) >= 11 is 6.37. The van der Waals surface area contributed by atoms with Crippen molar-refractivity contribution in [3.8, 4) is 11.8 Å². The summed E-state index contributed by atoms with van der Waals surface area (Å²) in [5.74, 6) is 0.329. The van der Waals surface area contributed by atoms with Gasteiger partial charge in [0.1, 0.15) is 9.84 Å². The first kappa shape index (κ1) is 20.6. The Labute approximate surface area is 179 Å². The topological polar surface area (TPSA) is 92.8 Å². The van der Waals surface area contributed by atoms with Crippen LogP contribution in [-0.2, 0) is 16.3 Å². The van der Waals surface area contributed by atoms with Crippen LogP contribution in [0.4, 0.5) is 0 Å². The molecule has 1 aliphatic carbocycles. The fourth-order valence-electron chi connectivity index (χ4n) is 3.74. The summed E-state index contributed by atoms with van der Waals surface area (Å²) in [6.07, 6.45) is 3.90. The molecule has 1 aromatic heterocycles. The van der Waals surface area contributed by atoms with E-state index >= 15 is 0 Å². The van der Waals surface area contributed by atoms with Crippen LogP contribution in [0, 0.1) is 11.3 Å². The van der Waals surface area contributed by atoms with Crippen molar-refractivity contribution in [1.29, 1.82) is 5.26 Å². The van der Waals surface area contributed by atoms with Gasteiger partial charge in [-0.15, -0.1) is 0 Å². The molecule has 3 aromatic rings. The normalized spacial score (nSPS) is 14.0. The third-order valence-electron chi connectivity index (χ3n) is 5.30. The van der Waals surface area contributed by atoms with E-state index < -0.39 is 15.5 Å². The molecule has 0 amide bonds. The smallest absolute Gasteiger partial charge is 0.259 e. The SMILES string of the molecule is CS(=O)(=O)CCCc1nc(=O)n(-c2ccccc2Cl)c2cc(C3CC3)c(C#N)cc12. The second-order valence-corrected chi connectivity index (χ2v) is 10.4. The van der Waals surface area contributed by atoms with Crippen molar-refractivity contribution in [2.75, 3.05) is 12.0 Å². The van der Waals surface area contributed by atoms with Gasteiger partial charge in [-0.05, 0) is 61.4 Å². The Kier molecular flexibility index (Phi) is 5.39. The molecule has 0 radical (unpaired) electrons. The van der Waals surface area contributed by atoms with E-state index in [2.05, 4.69) is 11.1 Å². The standard InChI is InChI=1S/C22H20ClN3O3S/c1-30(28,29)10-4-6-19-17-11-15(13-24)16(14-8-9-14)12-21(17)26(22(27)25-19)20-7-3-2-5-18(20)23/h2-3,5,7,11-12,14H,4,6,8-10H2,1H3. The number of nitrogens with zero attached hydrogens (tertiary/aromatic N) is 3. The third-order valence-corrected chi connectivity index (χ3v) is 6.65. The summed E-state index contributed by atoms with van der Waals surface area (Å²) in [5, 5.41) is 10.8. The van der Waals surface area contributed by atoms with E-state index in [4.69, 9.17) is 11.6 Å². The Hall–Kier alpha value is -2.69. The molecule has 0 aliphatic heterocycles. The molecule has 0 N–H and O–H groups in total. The predicted octanol–water partition coefficient (Wildman–Crippen LogP) is 3.77. The fourth-order valence-corrected chi connectivity index (χ4v) is 4.63. The lowest BCUT2D eigenvalue weighted by Gasteiger charge is -2.16. The highest BCUT2D eigenvalue weighted by molar-refractivity contribution is 7.90. The average Bonchev–Trinajstić information content (AvgIpc) is 3.52. The van der Waals surface area contributed by atoms with Crippen LogP contribution in [0.25, 0.3) is 16.6 Å². The Balaban J connectivity index is 1.96. The molecule has 6 nitrogen and oxygen atoms in total. The molecule has 0 saturated heterocycles. The van der Waals surface area contributed by atoms with Crippen LogP contribution in [-0.4, -0.2) is 30.0 Å². The van der Waals surface area contributed by atoms with Crippen molar-refractivity contribution in [1.82, 2.24) is 9.55 Å². The molecule has 2 aromatic carbocycles. The molecule has 154 valence electrons. The van der Waals surface area contributed by atoms with Crippen LogP contribution in [0.3, 0.4) is 0 Å². The molecular weight excluding hydrogens is 422 g/mol. The molecule has 4 rings (SSSR count). The Bertz CT molecular complexity index is 1350. The number of fused-ring (bicyclic) bond motifs is 1. The van der Waals surface area contributed by atoms with Gasteiger partial charge in [-0.3, -0.25) is 4.57 Å². The first-order chi connectivity index (χ1) is 14.3. The van der Waals surface area contributed by atoms with Crippen molar-refractivity contribution < 1.29 is 8.42 Å². The zero-order chi connectivity index (χ0) is 21.5. The molecular formula is C22H20ClN3O3S. The van der Waals surface area contributed by atoms with Gasteiger partial charge in [-0.1, -0.05) is 23.7 Å². The van der Waals surface area contributed by atoms with Crippen molar-refractivity contribution >= 4 is 32.3 Å². The summed E-state index contributed by atoms with van der Waals surface area (Å²) < 4.78 is 24.5. The number of benzene rings is 2. The van der Waals surface area contributed by atoms with Crippen molar-refractivity contribution in [3.63, 3.8) is 0 Å². The quantitative estimate of drug-likeness (QED) is 0.580. The molecule has 0 atom stereocenters. The monoisotopic (exact) mass is 441 g/mol. The first-order valence-corrected chi connectivity index (χ1v) is 12.1. The molecule has 8 heteroatoms. The second-order valence-electron chi connectivity index (χ2n) is 7.70. The Morgan fingerprint density at radius 3 is 2.63 bits per heavy atom. The summed E-state index contributed by atoms with van der Waals surface area (Å²) in [7, 11) is -3.12. The Morgan fingerprint density at radius 1 is 1.27 bits per heavy atom.